The SMILES string of the molecule is Cl.Cn1cnc(CN2CCC(n3c(=O)n(-c4ccc(-c5ccccc5)cc4)c4cccnc43)C2)c1. The Hall–Kier alpha value is -3.68. The second kappa shape index (κ2) is 9.52. The largest absolute Gasteiger partial charge is 0.340 e. The highest BCUT2D eigenvalue weighted by atomic mass is 35.5. The van der Waals surface area contributed by atoms with Crippen molar-refractivity contribution in [2.45, 2.75) is 19.0 Å². The highest BCUT2D eigenvalue weighted by Gasteiger charge is 2.29. The lowest BCUT2D eigenvalue weighted by atomic mass is 10.1. The Morgan fingerprint density at radius 1 is 0.943 bits per heavy atom. The average molecular weight is 487 g/mol. The number of pyridine rings is 1. The van der Waals surface area contributed by atoms with Gasteiger partial charge in [-0.1, -0.05) is 42.5 Å². The standard InChI is InChI=1S/C27H26N6O.ClH/c1-30-16-22(29-19-30)17-31-15-13-24(18-31)33-26-25(8-5-14-28-26)32(27(33)34)23-11-9-21(10-12-23)20-6-3-2-4-7-20;/h2-12,14,16,19,24H,13,15,17-18H2,1H3;1H. The summed E-state index contributed by atoms with van der Waals surface area (Å²) in [6.07, 6.45) is 6.55. The van der Waals surface area contributed by atoms with Crippen molar-refractivity contribution in [2.24, 2.45) is 7.05 Å². The third-order valence-corrected chi connectivity index (χ3v) is 6.62. The molecule has 1 saturated heterocycles. The zero-order valence-electron chi connectivity index (χ0n) is 19.5. The van der Waals surface area contributed by atoms with E-state index in [-0.39, 0.29) is 24.1 Å². The molecule has 1 atom stereocenters. The van der Waals surface area contributed by atoms with Crippen LogP contribution >= 0.6 is 12.4 Å². The number of hydrogen-bond acceptors (Lipinski definition) is 4. The quantitative estimate of drug-likeness (QED) is 0.368. The van der Waals surface area contributed by atoms with E-state index < -0.39 is 0 Å². The molecule has 0 bridgehead atoms. The van der Waals surface area contributed by atoms with Crippen LogP contribution in [-0.2, 0) is 13.6 Å². The van der Waals surface area contributed by atoms with E-state index in [0.717, 1.165) is 59.7 Å². The summed E-state index contributed by atoms with van der Waals surface area (Å²) in [6.45, 7) is 2.52. The fraction of sp³-hybridized carbons (Fsp3) is 0.222. The number of halogens is 1. The van der Waals surface area contributed by atoms with Gasteiger partial charge in [0.15, 0.2) is 5.65 Å². The maximum Gasteiger partial charge on any atom is 0.335 e. The molecule has 0 N–H and O–H groups in total. The minimum Gasteiger partial charge on any atom is -0.340 e. The third-order valence-electron chi connectivity index (χ3n) is 6.62. The molecular weight excluding hydrogens is 460 g/mol. The minimum atomic E-state index is -0.0363. The summed E-state index contributed by atoms with van der Waals surface area (Å²) >= 11 is 0. The van der Waals surface area contributed by atoms with Crippen molar-refractivity contribution in [3.05, 3.63) is 102 Å². The van der Waals surface area contributed by atoms with E-state index in [2.05, 4.69) is 39.1 Å². The van der Waals surface area contributed by atoms with Crippen molar-refractivity contribution in [1.82, 2.24) is 28.6 Å². The van der Waals surface area contributed by atoms with E-state index in [9.17, 15) is 4.79 Å². The highest BCUT2D eigenvalue weighted by Crippen LogP contribution is 2.27. The lowest BCUT2D eigenvalue weighted by Crippen LogP contribution is -2.29. The molecule has 7 nitrogen and oxygen atoms in total. The van der Waals surface area contributed by atoms with Gasteiger partial charge in [-0.3, -0.25) is 14.0 Å². The average Bonchev–Trinajstić information content (AvgIpc) is 3.57. The van der Waals surface area contributed by atoms with Crippen LogP contribution < -0.4 is 5.69 Å². The molecule has 2 aromatic carbocycles. The molecule has 0 amide bonds. The van der Waals surface area contributed by atoms with Crippen LogP contribution in [0.3, 0.4) is 0 Å². The van der Waals surface area contributed by atoms with E-state index in [4.69, 9.17) is 0 Å². The van der Waals surface area contributed by atoms with Crippen LogP contribution in [0.25, 0.3) is 28.0 Å². The number of nitrogens with zero attached hydrogens (tertiary/aromatic N) is 6. The molecule has 5 aromatic rings. The van der Waals surface area contributed by atoms with Crippen LogP contribution in [0.4, 0.5) is 0 Å². The van der Waals surface area contributed by atoms with Crippen LogP contribution in [-0.4, -0.2) is 41.7 Å². The van der Waals surface area contributed by atoms with Gasteiger partial charge < -0.3 is 4.57 Å². The Kier molecular flexibility index (Phi) is 6.28. The van der Waals surface area contributed by atoms with Gasteiger partial charge in [0.1, 0.15) is 0 Å². The summed E-state index contributed by atoms with van der Waals surface area (Å²) in [5, 5.41) is 0. The minimum absolute atomic E-state index is 0. The molecule has 0 radical (unpaired) electrons. The smallest absolute Gasteiger partial charge is 0.335 e. The summed E-state index contributed by atoms with van der Waals surface area (Å²) in [5.41, 5.74) is 5.72. The van der Waals surface area contributed by atoms with Gasteiger partial charge in [-0.25, -0.2) is 14.8 Å². The fourth-order valence-electron chi connectivity index (χ4n) is 5.01. The predicted octanol–water partition coefficient (Wildman–Crippen LogP) is 4.46. The van der Waals surface area contributed by atoms with Crippen molar-refractivity contribution in [1.29, 1.82) is 0 Å². The second-order valence-electron chi connectivity index (χ2n) is 8.96. The summed E-state index contributed by atoms with van der Waals surface area (Å²) in [4.78, 5) is 25.2. The van der Waals surface area contributed by atoms with Crippen molar-refractivity contribution >= 4 is 23.6 Å². The zero-order valence-corrected chi connectivity index (χ0v) is 20.3. The number of fused-ring (bicyclic) bond motifs is 1. The zero-order chi connectivity index (χ0) is 23.1. The molecule has 6 rings (SSSR count). The number of imidazole rings is 2. The number of likely N-dealkylation sites (tertiary alicyclic amines) is 1. The fourth-order valence-corrected chi connectivity index (χ4v) is 5.01. The maximum absolute atomic E-state index is 13.8. The molecule has 1 unspecified atom stereocenters. The van der Waals surface area contributed by atoms with Crippen LogP contribution in [0, 0.1) is 0 Å². The van der Waals surface area contributed by atoms with Crippen molar-refractivity contribution < 1.29 is 0 Å². The monoisotopic (exact) mass is 486 g/mol. The van der Waals surface area contributed by atoms with Gasteiger partial charge in [0.2, 0.25) is 0 Å². The molecule has 178 valence electrons. The Bertz CT molecular complexity index is 1500. The Balaban J connectivity index is 0.00000253. The molecule has 0 aliphatic carbocycles. The molecule has 3 aromatic heterocycles. The van der Waals surface area contributed by atoms with E-state index in [1.54, 1.807) is 10.8 Å². The van der Waals surface area contributed by atoms with E-state index in [0.29, 0.717) is 0 Å². The molecule has 1 aliphatic heterocycles. The third kappa shape index (κ3) is 4.29. The van der Waals surface area contributed by atoms with Crippen LogP contribution in [0.2, 0.25) is 0 Å². The topological polar surface area (TPSA) is 60.9 Å². The molecule has 1 aliphatic rings. The van der Waals surface area contributed by atoms with Crippen molar-refractivity contribution in [3.63, 3.8) is 0 Å². The molecule has 4 heterocycles. The summed E-state index contributed by atoms with van der Waals surface area (Å²) < 4.78 is 5.64. The number of benzene rings is 2. The Labute approximate surface area is 209 Å². The van der Waals surface area contributed by atoms with Gasteiger partial charge in [-0.15, -0.1) is 12.4 Å². The number of aromatic nitrogens is 5. The number of rotatable bonds is 5. The normalized spacial score (nSPS) is 16.0. The van der Waals surface area contributed by atoms with Crippen LogP contribution in [0.15, 0.2) is 90.2 Å². The van der Waals surface area contributed by atoms with E-state index in [1.165, 1.54) is 0 Å². The van der Waals surface area contributed by atoms with Gasteiger partial charge in [-0.05, 0) is 41.8 Å². The number of hydrogen-bond donors (Lipinski definition) is 0. The van der Waals surface area contributed by atoms with E-state index in [1.807, 2.05) is 71.2 Å². The first-order valence-electron chi connectivity index (χ1n) is 11.6. The van der Waals surface area contributed by atoms with Gasteiger partial charge >= 0.3 is 5.69 Å². The number of aryl methyl sites for hydroxylation is 1. The van der Waals surface area contributed by atoms with Crippen LogP contribution in [0.1, 0.15) is 18.2 Å². The van der Waals surface area contributed by atoms with Gasteiger partial charge in [0.05, 0.1) is 29.3 Å². The second-order valence-corrected chi connectivity index (χ2v) is 8.96. The van der Waals surface area contributed by atoms with Gasteiger partial charge in [0.25, 0.3) is 0 Å². The molecule has 35 heavy (non-hydrogen) atoms. The highest BCUT2D eigenvalue weighted by molar-refractivity contribution is 5.85. The van der Waals surface area contributed by atoms with Crippen LogP contribution in [0.5, 0.6) is 0 Å². The Morgan fingerprint density at radius 3 is 2.46 bits per heavy atom. The lowest BCUT2D eigenvalue weighted by molar-refractivity contribution is 0.312. The van der Waals surface area contributed by atoms with E-state index >= 15 is 0 Å². The Morgan fingerprint density at radius 2 is 1.71 bits per heavy atom. The van der Waals surface area contributed by atoms with Gasteiger partial charge in [-0.2, -0.15) is 0 Å². The molecule has 8 heteroatoms. The molecular formula is C27H27ClN6O. The predicted molar refractivity (Wildman–Crippen MR) is 140 cm³/mol. The molecule has 1 fully saturated rings. The van der Waals surface area contributed by atoms with Crippen molar-refractivity contribution in [2.75, 3.05) is 13.1 Å². The first kappa shape index (κ1) is 23.1. The van der Waals surface area contributed by atoms with Gasteiger partial charge in [0, 0.05) is 39.1 Å². The lowest BCUT2D eigenvalue weighted by Gasteiger charge is -2.15. The first-order valence-corrected chi connectivity index (χ1v) is 11.6. The van der Waals surface area contributed by atoms with Crippen molar-refractivity contribution in [3.8, 4) is 16.8 Å². The summed E-state index contributed by atoms with van der Waals surface area (Å²) in [5.74, 6) is 0. The summed E-state index contributed by atoms with van der Waals surface area (Å²) in [7, 11) is 1.98. The first-order chi connectivity index (χ1) is 16.7. The summed E-state index contributed by atoms with van der Waals surface area (Å²) in [6, 6.07) is 22.4. The molecule has 0 spiro atoms. The molecule has 0 saturated carbocycles. The maximum atomic E-state index is 13.8.